The minimum absolute atomic E-state index is 0.131. The molecule has 1 aliphatic heterocycles. The van der Waals surface area contributed by atoms with Crippen LogP contribution >= 0.6 is 15.9 Å². The van der Waals surface area contributed by atoms with Crippen molar-refractivity contribution >= 4 is 51.5 Å². The third kappa shape index (κ3) is 4.89. The number of benzene rings is 3. The van der Waals surface area contributed by atoms with Crippen LogP contribution in [0.25, 0.3) is 6.08 Å². The number of carbonyl (C=O) groups is 4. The predicted octanol–water partition coefficient (Wildman–Crippen LogP) is 4.39. The van der Waals surface area contributed by atoms with Crippen LogP contribution in [0.4, 0.5) is 10.5 Å². The third-order valence-electron chi connectivity index (χ3n) is 4.98. The van der Waals surface area contributed by atoms with Gasteiger partial charge in [-0.3, -0.25) is 14.9 Å². The Morgan fingerprint density at radius 3 is 2.38 bits per heavy atom. The molecule has 0 radical (unpaired) electrons. The molecule has 9 heteroatoms. The van der Waals surface area contributed by atoms with Gasteiger partial charge >= 0.3 is 12.0 Å². The zero-order chi connectivity index (χ0) is 24.2. The van der Waals surface area contributed by atoms with Crippen LogP contribution in [-0.4, -0.2) is 28.9 Å². The molecular formula is C25H17BrN2O6. The summed E-state index contributed by atoms with van der Waals surface area (Å²) in [7, 11) is 0. The van der Waals surface area contributed by atoms with Crippen molar-refractivity contribution in [2.75, 3.05) is 4.90 Å². The topological polar surface area (TPSA) is 113 Å². The van der Waals surface area contributed by atoms with Crippen molar-refractivity contribution in [3.8, 4) is 5.75 Å². The molecule has 170 valence electrons. The Kier molecular flexibility index (Phi) is 6.55. The summed E-state index contributed by atoms with van der Waals surface area (Å²) < 4.78 is 6.58. The average Bonchev–Trinajstić information content (AvgIpc) is 2.82. The van der Waals surface area contributed by atoms with Gasteiger partial charge in [-0.2, -0.15) is 0 Å². The summed E-state index contributed by atoms with van der Waals surface area (Å²) in [6, 6.07) is 18.8. The molecule has 4 rings (SSSR count). The van der Waals surface area contributed by atoms with Crippen LogP contribution in [0.1, 0.15) is 21.5 Å². The van der Waals surface area contributed by atoms with Crippen molar-refractivity contribution in [2.45, 2.75) is 6.61 Å². The lowest BCUT2D eigenvalue weighted by Crippen LogP contribution is -2.54. The number of para-hydroxylation sites is 1. The van der Waals surface area contributed by atoms with E-state index in [9.17, 15) is 19.2 Å². The van der Waals surface area contributed by atoms with Crippen LogP contribution < -0.4 is 15.0 Å². The summed E-state index contributed by atoms with van der Waals surface area (Å²) >= 11 is 3.38. The highest BCUT2D eigenvalue weighted by atomic mass is 79.9. The fourth-order valence-corrected chi connectivity index (χ4v) is 3.67. The highest BCUT2D eigenvalue weighted by Crippen LogP contribution is 2.28. The maximum atomic E-state index is 13.1. The molecule has 0 unspecified atom stereocenters. The molecule has 1 saturated heterocycles. The fraction of sp³-hybridized carbons (Fsp3) is 0.0400. The number of hydrogen-bond acceptors (Lipinski definition) is 5. The number of rotatable bonds is 6. The quantitative estimate of drug-likeness (QED) is 0.368. The summed E-state index contributed by atoms with van der Waals surface area (Å²) in [6.07, 6.45) is 1.37. The zero-order valence-electron chi connectivity index (χ0n) is 17.5. The van der Waals surface area contributed by atoms with E-state index in [1.165, 1.54) is 18.2 Å². The van der Waals surface area contributed by atoms with Gasteiger partial charge in [0.2, 0.25) is 0 Å². The first-order valence-corrected chi connectivity index (χ1v) is 10.8. The molecule has 4 amide bonds. The second kappa shape index (κ2) is 9.72. The Labute approximate surface area is 202 Å². The van der Waals surface area contributed by atoms with E-state index in [1.807, 2.05) is 0 Å². The van der Waals surface area contributed by atoms with Gasteiger partial charge in [-0.05, 0) is 54.1 Å². The van der Waals surface area contributed by atoms with Crippen molar-refractivity contribution in [3.63, 3.8) is 0 Å². The van der Waals surface area contributed by atoms with Crippen LogP contribution in [0.3, 0.4) is 0 Å². The van der Waals surface area contributed by atoms with E-state index in [2.05, 4.69) is 21.2 Å². The van der Waals surface area contributed by atoms with Gasteiger partial charge in [0.15, 0.2) is 0 Å². The van der Waals surface area contributed by atoms with Crippen molar-refractivity contribution in [3.05, 3.63) is 99.5 Å². The molecule has 34 heavy (non-hydrogen) atoms. The normalized spacial score (nSPS) is 14.8. The van der Waals surface area contributed by atoms with E-state index < -0.39 is 23.8 Å². The predicted molar refractivity (Wildman–Crippen MR) is 127 cm³/mol. The Morgan fingerprint density at radius 1 is 1.00 bits per heavy atom. The van der Waals surface area contributed by atoms with Crippen molar-refractivity contribution in [1.29, 1.82) is 0 Å². The molecule has 0 aromatic heterocycles. The number of nitrogens with one attached hydrogen (secondary N) is 1. The van der Waals surface area contributed by atoms with Gasteiger partial charge in [0, 0.05) is 10.0 Å². The Bertz CT molecular complexity index is 1320. The molecular weight excluding hydrogens is 504 g/mol. The maximum Gasteiger partial charge on any atom is 0.335 e. The summed E-state index contributed by atoms with van der Waals surface area (Å²) in [5.74, 6) is -2.19. The standard InChI is InChI=1S/C25H17BrN2O6/c26-18-10-11-21(34-14-15-6-8-16(9-7-15)24(31)32)17(12-18)13-20-22(29)27-25(33)28(23(20)30)19-4-2-1-3-5-19/h1-13H,14H2,(H,31,32)(H,27,29,33)/b20-13+. The fourth-order valence-electron chi connectivity index (χ4n) is 3.29. The van der Waals surface area contributed by atoms with Crippen molar-refractivity contribution in [1.82, 2.24) is 5.32 Å². The lowest BCUT2D eigenvalue weighted by atomic mass is 10.1. The molecule has 0 bridgehead atoms. The minimum atomic E-state index is -1.02. The number of hydrogen-bond donors (Lipinski definition) is 2. The molecule has 2 N–H and O–H groups in total. The van der Waals surface area contributed by atoms with Crippen LogP contribution in [0.2, 0.25) is 0 Å². The van der Waals surface area contributed by atoms with Gasteiger partial charge in [0.1, 0.15) is 17.9 Å². The van der Waals surface area contributed by atoms with E-state index in [1.54, 1.807) is 60.7 Å². The van der Waals surface area contributed by atoms with Crippen LogP contribution in [0.5, 0.6) is 5.75 Å². The number of urea groups is 1. The number of halogens is 1. The number of carboxylic acid groups (broad SMARTS) is 1. The third-order valence-corrected chi connectivity index (χ3v) is 5.48. The van der Waals surface area contributed by atoms with Gasteiger partial charge < -0.3 is 9.84 Å². The number of barbiturate groups is 1. The number of amides is 4. The highest BCUT2D eigenvalue weighted by molar-refractivity contribution is 9.10. The molecule has 8 nitrogen and oxygen atoms in total. The van der Waals surface area contributed by atoms with Crippen molar-refractivity contribution < 1.29 is 29.0 Å². The number of carbonyl (C=O) groups excluding carboxylic acids is 3. The summed E-state index contributed by atoms with van der Waals surface area (Å²) in [5.41, 5.74) is 1.45. The van der Waals surface area contributed by atoms with Gasteiger partial charge in [0.05, 0.1) is 11.3 Å². The molecule has 1 fully saturated rings. The van der Waals surface area contributed by atoms with E-state index in [-0.39, 0.29) is 17.7 Å². The number of nitrogens with zero attached hydrogens (tertiary/aromatic N) is 1. The summed E-state index contributed by atoms with van der Waals surface area (Å²) in [5, 5.41) is 11.2. The molecule has 1 aliphatic rings. The summed E-state index contributed by atoms with van der Waals surface area (Å²) in [4.78, 5) is 49.9. The summed E-state index contributed by atoms with van der Waals surface area (Å²) in [6.45, 7) is 0.131. The Morgan fingerprint density at radius 2 is 1.71 bits per heavy atom. The smallest absolute Gasteiger partial charge is 0.335 e. The molecule has 0 spiro atoms. The van der Waals surface area contributed by atoms with E-state index in [0.717, 1.165) is 10.5 Å². The monoisotopic (exact) mass is 520 g/mol. The second-order valence-electron chi connectivity index (χ2n) is 7.27. The second-order valence-corrected chi connectivity index (χ2v) is 8.18. The molecule has 0 atom stereocenters. The zero-order valence-corrected chi connectivity index (χ0v) is 19.1. The maximum absolute atomic E-state index is 13.1. The molecule has 0 saturated carbocycles. The Hall–Kier alpha value is -4.24. The Balaban J connectivity index is 1.63. The molecule has 3 aromatic rings. The number of ether oxygens (including phenoxy) is 1. The average molecular weight is 521 g/mol. The largest absolute Gasteiger partial charge is 0.488 e. The van der Waals surface area contributed by atoms with Gasteiger partial charge in [-0.15, -0.1) is 0 Å². The van der Waals surface area contributed by atoms with Gasteiger partial charge in [0.25, 0.3) is 11.8 Å². The minimum Gasteiger partial charge on any atom is -0.488 e. The molecule has 3 aromatic carbocycles. The van der Waals surface area contributed by atoms with E-state index >= 15 is 0 Å². The van der Waals surface area contributed by atoms with Gasteiger partial charge in [-0.1, -0.05) is 46.3 Å². The SMILES string of the molecule is O=C1NC(=O)N(c2ccccc2)C(=O)/C1=C/c1cc(Br)ccc1OCc1ccc(C(=O)O)cc1. The first-order valence-electron chi connectivity index (χ1n) is 10.0. The van der Waals surface area contributed by atoms with Crippen LogP contribution in [0.15, 0.2) is 82.8 Å². The number of anilines is 1. The van der Waals surface area contributed by atoms with Crippen molar-refractivity contribution in [2.24, 2.45) is 0 Å². The molecule has 0 aliphatic carbocycles. The first-order chi connectivity index (χ1) is 16.3. The first kappa shape index (κ1) is 22.9. The number of carboxylic acids is 1. The number of imide groups is 2. The molecule has 1 heterocycles. The lowest BCUT2D eigenvalue weighted by molar-refractivity contribution is -0.122. The number of aromatic carboxylic acids is 1. The lowest BCUT2D eigenvalue weighted by Gasteiger charge is -2.26. The van der Waals surface area contributed by atoms with E-state index in [0.29, 0.717) is 21.5 Å². The van der Waals surface area contributed by atoms with Gasteiger partial charge in [-0.25, -0.2) is 14.5 Å². The van der Waals surface area contributed by atoms with E-state index in [4.69, 9.17) is 9.84 Å². The highest BCUT2D eigenvalue weighted by Gasteiger charge is 2.36. The van der Waals surface area contributed by atoms with Crippen LogP contribution in [-0.2, 0) is 16.2 Å². The van der Waals surface area contributed by atoms with Crippen LogP contribution in [0, 0.1) is 0 Å².